The minimum atomic E-state index is -4.89. The van der Waals surface area contributed by atoms with Crippen LogP contribution in [0.25, 0.3) is 0 Å². The van der Waals surface area contributed by atoms with Crippen LogP contribution in [0.1, 0.15) is 5.56 Å². The van der Waals surface area contributed by atoms with Gasteiger partial charge in [0.2, 0.25) is 0 Å². The molecule has 17 heavy (non-hydrogen) atoms. The molecule has 0 aromatic heterocycles. The van der Waals surface area contributed by atoms with Gasteiger partial charge in [0.25, 0.3) is 20.2 Å². The van der Waals surface area contributed by atoms with Crippen LogP contribution in [0, 0.1) is 6.92 Å². The first-order valence-electron chi connectivity index (χ1n) is 3.96. The van der Waals surface area contributed by atoms with Gasteiger partial charge < -0.3 is 10.2 Å². The summed E-state index contributed by atoms with van der Waals surface area (Å²) in [5.74, 6) is -2.00. The molecule has 1 rings (SSSR count). The Kier molecular flexibility index (Phi) is 3.09. The summed E-state index contributed by atoms with van der Waals surface area (Å²) in [6.07, 6.45) is 0. The van der Waals surface area contributed by atoms with Crippen molar-refractivity contribution in [3.63, 3.8) is 0 Å². The van der Waals surface area contributed by atoms with E-state index in [1.807, 2.05) is 0 Å². The molecule has 0 unspecified atom stereocenters. The van der Waals surface area contributed by atoms with Crippen LogP contribution < -0.4 is 0 Å². The van der Waals surface area contributed by atoms with E-state index in [0.29, 0.717) is 0 Å². The predicted octanol–water partition coefficient (Wildman–Crippen LogP) is -0.100. The molecule has 4 N–H and O–H groups in total. The number of phenolic OH excluding ortho intramolecular Hbond substituents is 2. The minimum absolute atomic E-state index is 0.252. The van der Waals surface area contributed by atoms with Gasteiger partial charge in [0.15, 0.2) is 0 Å². The van der Waals surface area contributed by atoms with E-state index in [-0.39, 0.29) is 6.07 Å². The third kappa shape index (κ3) is 2.49. The van der Waals surface area contributed by atoms with Crippen LogP contribution in [-0.4, -0.2) is 36.2 Å². The van der Waals surface area contributed by atoms with E-state index >= 15 is 0 Å². The number of rotatable bonds is 2. The maximum absolute atomic E-state index is 10.8. The molecule has 10 heteroatoms. The summed E-state index contributed by atoms with van der Waals surface area (Å²) in [7, 11) is -9.78. The number of phenols is 2. The summed E-state index contributed by atoms with van der Waals surface area (Å²) >= 11 is 0. The van der Waals surface area contributed by atoms with Gasteiger partial charge >= 0.3 is 0 Å². The fourth-order valence-electron chi connectivity index (χ4n) is 1.13. The highest BCUT2D eigenvalue weighted by molar-refractivity contribution is 7.86. The van der Waals surface area contributed by atoms with Gasteiger partial charge in [0, 0.05) is 5.56 Å². The van der Waals surface area contributed by atoms with Crippen molar-refractivity contribution in [2.24, 2.45) is 0 Å². The van der Waals surface area contributed by atoms with Gasteiger partial charge in [0.05, 0.1) is 0 Å². The first-order chi connectivity index (χ1) is 7.46. The topological polar surface area (TPSA) is 149 Å². The minimum Gasteiger partial charge on any atom is -0.506 e. The second-order valence-corrected chi connectivity index (χ2v) is 5.93. The molecule has 96 valence electrons. The summed E-state index contributed by atoms with van der Waals surface area (Å²) in [6.45, 7) is 1.01. The summed E-state index contributed by atoms with van der Waals surface area (Å²) in [5, 5.41) is 18.7. The van der Waals surface area contributed by atoms with Crippen molar-refractivity contribution < 1.29 is 36.2 Å². The Morgan fingerprint density at radius 1 is 0.882 bits per heavy atom. The van der Waals surface area contributed by atoms with Crippen molar-refractivity contribution in [3.8, 4) is 11.5 Å². The molecule has 0 radical (unpaired) electrons. The zero-order valence-electron chi connectivity index (χ0n) is 8.32. The molecule has 0 atom stereocenters. The number of aromatic hydroxyl groups is 2. The Hall–Kier alpha value is -1.36. The molecule has 0 aliphatic carbocycles. The lowest BCUT2D eigenvalue weighted by atomic mass is 10.2. The molecule has 0 aliphatic heterocycles. The number of hydrogen-bond acceptors (Lipinski definition) is 6. The molecule has 8 nitrogen and oxygen atoms in total. The Balaban J connectivity index is 3.88. The van der Waals surface area contributed by atoms with E-state index in [9.17, 15) is 27.0 Å². The fourth-order valence-corrected chi connectivity index (χ4v) is 2.53. The smallest absolute Gasteiger partial charge is 0.298 e. The molecular weight excluding hydrogens is 276 g/mol. The van der Waals surface area contributed by atoms with Crippen molar-refractivity contribution >= 4 is 20.2 Å². The molecule has 1 aromatic rings. The summed E-state index contributed by atoms with van der Waals surface area (Å²) in [4.78, 5) is -2.25. The Labute approximate surface area is 96.6 Å². The first-order valence-corrected chi connectivity index (χ1v) is 6.84. The monoisotopic (exact) mass is 284 g/mol. The van der Waals surface area contributed by atoms with E-state index in [4.69, 9.17) is 9.11 Å². The highest BCUT2D eigenvalue weighted by Gasteiger charge is 2.27. The molecule has 0 saturated heterocycles. The van der Waals surface area contributed by atoms with Crippen molar-refractivity contribution in [3.05, 3.63) is 11.6 Å². The Bertz CT molecular complexity index is 614. The summed E-state index contributed by atoms with van der Waals surface area (Å²) < 4.78 is 60.8. The van der Waals surface area contributed by atoms with E-state index in [1.54, 1.807) is 0 Å². The molecule has 0 heterocycles. The van der Waals surface area contributed by atoms with Crippen molar-refractivity contribution in [1.29, 1.82) is 0 Å². The lowest BCUT2D eigenvalue weighted by molar-refractivity contribution is 0.412. The second-order valence-electron chi connectivity index (χ2n) is 3.15. The van der Waals surface area contributed by atoms with Gasteiger partial charge in [-0.15, -0.1) is 0 Å². The van der Waals surface area contributed by atoms with Gasteiger partial charge in [-0.25, -0.2) is 0 Å². The lowest BCUT2D eigenvalue weighted by Gasteiger charge is -2.09. The number of benzene rings is 1. The van der Waals surface area contributed by atoms with Gasteiger partial charge in [-0.1, -0.05) is 0 Å². The van der Waals surface area contributed by atoms with Gasteiger partial charge in [-0.2, -0.15) is 16.8 Å². The molecule has 0 spiro atoms. The Morgan fingerprint density at radius 3 is 1.41 bits per heavy atom. The fraction of sp³-hybridized carbons (Fsp3) is 0.143. The quantitative estimate of drug-likeness (QED) is 0.550. The summed E-state index contributed by atoms with van der Waals surface area (Å²) in [5.41, 5.74) is -0.507. The van der Waals surface area contributed by atoms with Crippen molar-refractivity contribution in [2.75, 3.05) is 0 Å². The third-order valence-electron chi connectivity index (χ3n) is 2.00. The first kappa shape index (κ1) is 13.7. The molecule has 0 aliphatic rings. The van der Waals surface area contributed by atoms with Crippen LogP contribution in [0.15, 0.2) is 15.9 Å². The van der Waals surface area contributed by atoms with E-state index in [1.165, 1.54) is 0 Å². The van der Waals surface area contributed by atoms with Crippen LogP contribution in [0.5, 0.6) is 11.5 Å². The van der Waals surface area contributed by atoms with Gasteiger partial charge in [0.1, 0.15) is 21.3 Å². The van der Waals surface area contributed by atoms with Crippen LogP contribution >= 0.6 is 0 Å². The van der Waals surface area contributed by atoms with E-state index in [0.717, 1.165) is 6.92 Å². The molecule has 0 saturated carbocycles. The second kappa shape index (κ2) is 3.84. The molecule has 0 bridgehead atoms. The maximum atomic E-state index is 10.8. The standard InChI is InChI=1S/C7H8O8S2/c1-3-6(8)4(16(10,11)12)2-5(7(3)9)17(13,14)15/h2,8-9H,1H3,(H,10,11,12)(H,13,14,15). The normalized spacial score (nSPS) is 12.6. The van der Waals surface area contributed by atoms with Gasteiger partial charge in [-0.05, 0) is 13.0 Å². The van der Waals surface area contributed by atoms with Crippen LogP contribution in [-0.2, 0) is 20.2 Å². The average molecular weight is 284 g/mol. The summed E-state index contributed by atoms with van der Waals surface area (Å²) in [6, 6.07) is 0.252. The SMILES string of the molecule is Cc1c(O)c(S(=O)(=O)O)cc(S(=O)(=O)O)c1O. The molecule has 0 fully saturated rings. The van der Waals surface area contributed by atoms with E-state index < -0.39 is 47.1 Å². The van der Waals surface area contributed by atoms with E-state index in [2.05, 4.69) is 0 Å². The van der Waals surface area contributed by atoms with Crippen molar-refractivity contribution in [2.45, 2.75) is 16.7 Å². The van der Waals surface area contributed by atoms with Crippen LogP contribution in [0.2, 0.25) is 0 Å². The lowest BCUT2D eigenvalue weighted by Crippen LogP contribution is -2.05. The molecule has 1 aromatic carbocycles. The van der Waals surface area contributed by atoms with Crippen LogP contribution in [0.3, 0.4) is 0 Å². The zero-order chi connectivity index (χ0) is 13.6. The highest BCUT2D eigenvalue weighted by atomic mass is 32.2. The average Bonchev–Trinajstić information content (AvgIpc) is 2.10. The van der Waals surface area contributed by atoms with Gasteiger partial charge in [-0.3, -0.25) is 9.11 Å². The largest absolute Gasteiger partial charge is 0.506 e. The van der Waals surface area contributed by atoms with Crippen LogP contribution in [0.4, 0.5) is 0 Å². The third-order valence-corrected chi connectivity index (χ3v) is 3.73. The maximum Gasteiger partial charge on any atom is 0.298 e. The zero-order valence-corrected chi connectivity index (χ0v) is 9.95. The molecular formula is C7H8O8S2. The molecule has 0 amide bonds. The predicted molar refractivity (Wildman–Crippen MR) is 54.1 cm³/mol. The number of hydrogen-bond donors (Lipinski definition) is 4. The van der Waals surface area contributed by atoms with Crippen molar-refractivity contribution in [1.82, 2.24) is 0 Å². The highest BCUT2D eigenvalue weighted by Crippen LogP contribution is 2.37. The Morgan fingerprint density at radius 2 is 1.18 bits per heavy atom.